The average molecular weight is 365 g/mol. The molecule has 0 unspecified atom stereocenters. The van der Waals surface area contributed by atoms with E-state index in [1.54, 1.807) is 0 Å². The molecular weight excluding hydrogens is 351 g/mol. The minimum Gasteiger partial charge on any atom is -0.396 e. The Morgan fingerprint density at radius 3 is 2.70 bits per heavy atom. The van der Waals surface area contributed by atoms with Crippen LogP contribution in [0, 0.1) is 5.82 Å². The Balaban J connectivity index is 2.25. The lowest BCUT2D eigenvalue weighted by atomic mass is 10.1. The van der Waals surface area contributed by atoms with Crippen LogP contribution < -0.4 is 5.73 Å². The van der Waals surface area contributed by atoms with Gasteiger partial charge in [-0.1, -0.05) is 0 Å². The monoisotopic (exact) mass is 364 g/mol. The molecule has 0 atom stereocenters. The molecule has 0 aromatic heterocycles. The highest BCUT2D eigenvalue weighted by Gasteiger charge is 2.25. The Kier molecular flexibility index (Phi) is 4.33. The van der Waals surface area contributed by atoms with Crippen LogP contribution in [0.15, 0.2) is 16.6 Å². The zero-order chi connectivity index (χ0) is 14.9. The van der Waals surface area contributed by atoms with E-state index in [1.807, 2.05) is 0 Å². The van der Waals surface area contributed by atoms with Crippen LogP contribution in [0.2, 0.25) is 0 Å². The van der Waals surface area contributed by atoms with Crippen LogP contribution in [0.5, 0.6) is 0 Å². The average Bonchev–Trinajstić information content (AvgIpc) is 2.54. The summed E-state index contributed by atoms with van der Waals surface area (Å²) in [6.45, 7) is 0.507. The molecular formula is C12H14BrFN2O3S. The maximum Gasteiger partial charge on any atom is 0.255 e. The smallest absolute Gasteiger partial charge is 0.255 e. The molecule has 0 spiro atoms. The number of carbonyl (C=O) groups is 1. The van der Waals surface area contributed by atoms with E-state index in [1.165, 1.54) is 11.0 Å². The summed E-state index contributed by atoms with van der Waals surface area (Å²) >= 11 is 3.13. The van der Waals surface area contributed by atoms with Crippen molar-refractivity contribution < 1.29 is 17.6 Å². The second-order valence-electron chi connectivity index (χ2n) is 4.65. The van der Waals surface area contributed by atoms with Gasteiger partial charge in [0.05, 0.1) is 22.8 Å². The number of nitrogen functional groups attached to an aromatic ring is 1. The maximum absolute atomic E-state index is 13.3. The third-order valence-corrected chi connectivity index (χ3v) is 5.53. The maximum atomic E-state index is 13.3. The van der Waals surface area contributed by atoms with Crippen molar-refractivity contribution in [2.45, 2.75) is 6.42 Å². The van der Waals surface area contributed by atoms with E-state index in [-0.39, 0.29) is 35.2 Å². The minimum atomic E-state index is -3.08. The van der Waals surface area contributed by atoms with Gasteiger partial charge in [-0.25, -0.2) is 12.8 Å². The van der Waals surface area contributed by atoms with E-state index >= 15 is 0 Å². The van der Waals surface area contributed by atoms with Crippen molar-refractivity contribution in [3.05, 3.63) is 28.0 Å². The number of hydrogen-bond acceptors (Lipinski definition) is 4. The highest BCUT2D eigenvalue weighted by molar-refractivity contribution is 9.10. The van der Waals surface area contributed by atoms with Gasteiger partial charge in [-0.2, -0.15) is 0 Å². The van der Waals surface area contributed by atoms with Gasteiger partial charge < -0.3 is 10.6 Å². The van der Waals surface area contributed by atoms with Crippen LogP contribution in [-0.2, 0) is 9.84 Å². The third kappa shape index (κ3) is 3.29. The third-order valence-electron chi connectivity index (χ3n) is 3.16. The Labute approximate surface area is 125 Å². The molecule has 5 nitrogen and oxygen atoms in total. The number of halogens is 2. The fraction of sp³-hybridized carbons (Fsp3) is 0.417. The van der Waals surface area contributed by atoms with E-state index < -0.39 is 15.7 Å². The summed E-state index contributed by atoms with van der Waals surface area (Å²) in [5.41, 5.74) is 5.60. The normalized spacial score (nSPS) is 18.6. The Hall–Kier alpha value is -1.15. The summed E-state index contributed by atoms with van der Waals surface area (Å²) < 4.78 is 36.6. The predicted molar refractivity (Wildman–Crippen MR) is 77.7 cm³/mol. The largest absolute Gasteiger partial charge is 0.396 e. The molecule has 0 bridgehead atoms. The second-order valence-corrected chi connectivity index (χ2v) is 7.81. The molecule has 0 radical (unpaired) electrons. The van der Waals surface area contributed by atoms with Crippen molar-refractivity contribution in [1.29, 1.82) is 0 Å². The standard InChI is InChI=1S/C12H14BrFN2O3S/c13-9-7-10(14)11(15)6-8(9)12(17)16-2-1-4-20(18,19)5-3-16/h6-7H,1-5,15H2. The molecule has 20 heavy (non-hydrogen) atoms. The molecule has 1 saturated heterocycles. The van der Waals surface area contributed by atoms with Crippen LogP contribution in [0.1, 0.15) is 16.8 Å². The number of benzene rings is 1. The molecule has 1 aromatic carbocycles. The molecule has 1 aliphatic heterocycles. The molecule has 1 aromatic rings. The fourth-order valence-electron chi connectivity index (χ4n) is 2.04. The van der Waals surface area contributed by atoms with Crippen molar-refractivity contribution in [3.8, 4) is 0 Å². The molecule has 110 valence electrons. The number of hydrogen-bond donors (Lipinski definition) is 1. The van der Waals surface area contributed by atoms with Crippen LogP contribution in [0.25, 0.3) is 0 Å². The van der Waals surface area contributed by atoms with Gasteiger partial charge in [0.2, 0.25) is 0 Å². The van der Waals surface area contributed by atoms with Gasteiger partial charge in [0, 0.05) is 17.6 Å². The van der Waals surface area contributed by atoms with Gasteiger partial charge in [-0.15, -0.1) is 0 Å². The Morgan fingerprint density at radius 1 is 1.30 bits per heavy atom. The number of nitrogens with zero attached hydrogens (tertiary/aromatic N) is 1. The molecule has 1 aliphatic rings. The van der Waals surface area contributed by atoms with Crippen molar-refractivity contribution in [2.24, 2.45) is 0 Å². The van der Waals surface area contributed by atoms with E-state index in [2.05, 4.69) is 15.9 Å². The van der Waals surface area contributed by atoms with Crippen LogP contribution >= 0.6 is 15.9 Å². The first-order valence-electron chi connectivity index (χ1n) is 6.04. The SMILES string of the molecule is Nc1cc(C(=O)N2CCCS(=O)(=O)CC2)c(Br)cc1F. The number of amides is 1. The zero-order valence-electron chi connectivity index (χ0n) is 10.6. The highest BCUT2D eigenvalue weighted by atomic mass is 79.9. The van der Waals surface area contributed by atoms with Gasteiger partial charge >= 0.3 is 0 Å². The van der Waals surface area contributed by atoms with Crippen molar-refractivity contribution in [1.82, 2.24) is 4.90 Å². The molecule has 1 amide bonds. The first-order chi connectivity index (χ1) is 9.30. The minimum absolute atomic E-state index is 0.0486. The van der Waals surface area contributed by atoms with Gasteiger partial charge in [0.15, 0.2) is 9.84 Å². The first-order valence-corrected chi connectivity index (χ1v) is 8.66. The van der Waals surface area contributed by atoms with Crippen molar-refractivity contribution in [3.63, 3.8) is 0 Å². The lowest BCUT2D eigenvalue weighted by Gasteiger charge is -2.20. The molecule has 0 aliphatic carbocycles. The summed E-state index contributed by atoms with van der Waals surface area (Å²) in [6, 6.07) is 2.40. The highest BCUT2D eigenvalue weighted by Crippen LogP contribution is 2.24. The molecule has 2 rings (SSSR count). The Morgan fingerprint density at radius 2 is 2.00 bits per heavy atom. The van der Waals surface area contributed by atoms with Crippen LogP contribution in [-0.4, -0.2) is 43.8 Å². The van der Waals surface area contributed by atoms with Crippen molar-refractivity contribution in [2.75, 3.05) is 30.3 Å². The molecule has 2 N–H and O–H groups in total. The Bertz CT molecular complexity index is 648. The summed E-state index contributed by atoms with van der Waals surface area (Å²) in [6.07, 6.45) is 0.405. The number of anilines is 1. The number of nitrogens with two attached hydrogens (primary N) is 1. The van der Waals surface area contributed by atoms with E-state index in [4.69, 9.17) is 5.73 Å². The quantitative estimate of drug-likeness (QED) is 0.764. The van der Waals surface area contributed by atoms with Crippen molar-refractivity contribution >= 4 is 37.4 Å². The summed E-state index contributed by atoms with van der Waals surface area (Å²) in [5.74, 6) is -0.913. The fourth-order valence-corrected chi connectivity index (χ4v) is 3.80. The second kappa shape index (κ2) is 5.69. The summed E-state index contributed by atoms with van der Waals surface area (Å²) in [4.78, 5) is 13.8. The van der Waals surface area contributed by atoms with Crippen LogP contribution in [0.4, 0.5) is 10.1 Å². The number of rotatable bonds is 1. The van der Waals surface area contributed by atoms with Gasteiger partial charge in [0.1, 0.15) is 5.82 Å². The lowest BCUT2D eigenvalue weighted by Crippen LogP contribution is -2.34. The molecule has 1 heterocycles. The van der Waals surface area contributed by atoms with Gasteiger partial charge in [-0.3, -0.25) is 4.79 Å². The van der Waals surface area contributed by atoms with Gasteiger partial charge in [0.25, 0.3) is 5.91 Å². The van der Waals surface area contributed by atoms with E-state index in [0.717, 1.165) is 6.07 Å². The first kappa shape index (κ1) is 15.2. The molecule has 1 fully saturated rings. The lowest BCUT2D eigenvalue weighted by molar-refractivity contribution is 0.0767. The predicted octanol–water partition coefficient (Wildman–Crippen LogP) is 1.43. The summed E-state index contributed by atoms with van der Waals surface area (Å²) in [5, 5.41) is 0. The number of sulfone groups is 1. The van der Waals surface area contributed by atoms with Gasteiger partial charge in [-0.05, 0) is 34.5 Å². The molecule has 8 heteroatoms. The van der Waals surface area contributed by atoms with E-state index in [9.17, 15) is 17.6 Å². The topological polar surface area (TPSA) is 80.5 Å². The molecule has 0 saturated carbocycles. The summed E-state index contributed by atoms with van der Waals surface area (Å²) in [7, 11) is -3.08. The number of carbonyl (C=O) groups excluding carboxylic acids is 1. The zero-order valence-corrected chi connectivity index (χ0v) is 13.0. The van der Waals surface area contributed by atoms with E-state index in [0.29, 0.717) is 17.4 Å². The van der Waals surface area contributed by atoms with Crippen LogP contribution in [0.3, 0.4) is 0 Å².